The van der Waals surface area contributed by atoms with E-state index < -0.39 is 5.54 Å². The van der Waals surface area contributed by atoms with Crippen molar-refractivity contribution < 1.29 is 19.8 Å². The Labute approximate surface area is 100 Å². The minimum absolute atomic E-state index is 0.198. The lowest BCUT2D eigenvalue weighted by Crippen LogP contribution is -2.41. The molecule has 0 bridgehead atoms. The number of aliphatic hydroxyl groups is 1. The fourth-order valence-electron chi connectivity index (χ4n) is 1.15. The molecule has 5 nitrogen and oxygen atoms in total. The second-order valence-electron chi connectivity index (χ2n) is 4.35. The molecule has 0 aromatic rings. The molecule has 0 radical (unpaired) electrons. The van der Waals surface area contributed by atoms with Crippen molar-refractivity contribution >= 4 is 5.78 Å². The van der Waals surface area contributed by atoms with Gasteiger partial charge in [0, 0.05) is 6.20 Å². The lowest BCUT2D eigenvalue weighted by Gasteiger charge is -2.30. The minimum Gasteiger partial charge on any atom is -0.493 e. The molecule has 0 aliphatic heterocycles. The number of ether oxygens (including phenoxy) is 1. The Kier molecular flexibility index (Phi) is 4.09. The summed E-state index contributed by atoms with van der Waals surface area (Å²) in [7, 11) is 1.41. The molecular weight excluding hydrogens is 222 g/mol. The molecule has 0 unspecified atom stereocenters. The van der Waals surface area contributed by atoms with Crippen molar-refractivity contribution in [3.63, 3.8) is 0 Å². The zero-order valence-electron chi connectivity index (χ0n) is 10.2. The van der Waals surface area contributed by atoms with Crippen LogP contribution in [0.1, 0.15) is 13.8 Å². The first-order valence-corrected chi connectivity index (χ1v) is 5.19. The molecular formula is C12H17NO4. The monoisotopic (exact) mass is 239 g/mol. The van der Waals surface area contributed by atoms with E-state index in [1.807, 2.05) is 0 Å². The van der Waals surface area contributed by atoms with Crippen molar-refractivity contribution in [2.24, 2.45) is 0 Å². The fraction of sp³-hybridized carbons (Fsp3) is 0.417. The maximum absolute atomic E-state index is 11.3. The maximum atomic E-state index is 11.3. The number of nitrogens with zero attached hydrogens (tertiary/aromatic N) is 1. The third kappa shape index (κ3) is 3.18. The summed E-state index contributed by atoms with van der Waals surface area (Å²) in [4.78, 5) is 11.3. The van der Waals surface area contributed by atoms with Gasteiger partial charge in [-0.3, -0.25) is 15.1 Å². The Balaban J connectivity index is 2.91. The van der Waals surface area contributed by atoms with Crippen molar-refractivity contribution in [2.75, 3.05) is 13.7 Å². The first kappa shape index (κ1) is 13.5. The van der Waals surface area contributed by atoms with E-state index in [-0.39, 0.29) is 18.1 Å². The SMILES string of the molecule is COC1=C/C(=C\N(O)C(C)(C)CO)C=CC1=O. The second kappa shape index (κ2) is 5.16. The summed E-state index contributed by atoms with van der Waals surface area (Å²) in [6.45, 7) is 3.17. The smallest absolute Gasteiger partial charge is 0.220 e. The molecule has 0 saturated heterocycles. The molecule has 1 rings (SSSR count). The van der Waals surface area contributed by atoms with E-state index >= 15 is 0 Å². The van der Waals surface area contributed by atoms with Gasteiger partial charge in [0.25, 0.3) is 0 Å². The van der Waals surface area contributed by atoms with Crippen LogP contribution in [0.15, 0.2) is 35.8 Å². The Morgan fingerprint density at radius 3 is 2.65 bits per heavy atom. The number of carbonyl (C=O) groups excluding carboxylic acids is 1. The molecule has 0 atom stereocenters. The van der Waals surface area contributed by atoms with E-state index in [2.05, 4.69) is 0 Å². The average Bonchev–Trinajstić information content (AvgIpc) is 2.31. The van der Waals surface area contributed by atoms with Crippen LogP contribution >= 0.6 is 0 Å². The highest BCUT2D eigenvalue weighted by Crippen LogP contribution is 2.17. The summed E-state index contributed by atoms with van der Waals surface area (Å²) in [5.74, 6) is 0.00418. The summed E-state index contributed by atoms with van der Waals surface area (Å²) in [6.07, 6.45) is 5.89. The summed E-state index contributed by atoms with van der Waals surface area (Å²) >= 11 is 0. The number of hydrogen-bond acceptors (Lipinski definition) is 5. The maximum Gasteiger partial charge on any atom is 0.220 e. The van der Waals surface area contributed by atoms with Crippen LogP contribution in [-0.2, 0) is 9.53 Å². The molecule has 1 aliphatic carbocycles. The number of allylic oxidation sites excluding steroid dienone is 4. The van der Waals surface area contributed by atoms with Crippen molar-refractivity contribution in [3.05, 3.63) is 35.8 Å². The molecule has 0 aromatic carbocycles. The number of hydroxylamine groups is 2. The topological polar surface area (TPSA) is 70.0 Å². The number of carbonyl (C=O) groups is 1. The van der Waals surface area contributed by atoms with Gasteiger partial charge in [-0.1, -0.05) is 0 Å². The van der Waals surface area contributed by atoms with Gasteiger partial charge in [-0.05, 0) is 37.6 Å². The van der Waals surface area contributed by atoms with Gasteiger partial charge in [-0.15, -0.1) is 0 Å². The lowest BCUT2D eigenvalue weighted by molar-refractivity contribution is -0.132. The van der Waals surface area contributed by atoms with Crippen molar-refractivity contribution in [1.82, 2.24) is 5.06 Å². The normalized spacial score (nSPS) is 18.3. The molecule has 1 aliphatic rings. The van der Waals surface area contributed by atoms with E-state index in [9.17, 15) is 10.0 Å². The van der Waals surface area contributed by atoms with E-state index in [1.54, 1.807) is 19.9 Å². The average molecular weight is 239 g/mol. The number of rotatable bonds is 4. The first-order chi connectivity index (χ1) is 7.90. The quantitative estimate of drug-likeness (QED) is 0.716. The molecule has 94 valence electrons. The Morgan fingerprint density at radius 1 is 1.47 bits per heavy atom. The molecule has 0 aromatic heterocycles. The highest BCUT2D eigenvalue weighted by Gasteiger charge is 2.23. The Hall–Kier alpha value is -1.59. The predicted molar refractivity (Wildman–Crippen MR) is 62.1 cm³/mol. The van der Waals surface area contributed by atoms with Crippen molar-refractivity contribution in [2.45, 2.75) is 19.4 Å². The van der Waals surface area contributed by atoms with E-state index in [1.165, 1.54) is 25.5 Å². The van der Waals surface area contributed by atoms with Crippen molar-refractivity contribution in [3.8, 4) is 0 Å². The van der Waals surface area contributed by atoms with Gasteiger partial charge in [0.2, 0.25) is 5.78 Å². The minimum atomic E-state index is -0.788. The highest BCUT2D eigenvalue weighted by atomic mass is 16.5. The molecule has 0 amide bonds. The zero-order valence-corrected chi connectivity index (χ0v) is 10.2. The van der Waals surface area contributed by atoms with Crippen molar-refractivity contribution in [1.29, 1.82) is 0 Å². The highest BCUT2D eigenvalue weighted by molar-refractivity contribution is 6.04. The molecule has 0 spiro atoms. The van der Waals surface area contributed by atoms with Gasteiger partial charge in [0.15, 0.2) is 5.76 Å². The Bertz CT molecular complexity index is 393. The van der Waals surface area contributed by atoms with E-state index in [0.717, 1.165) is 5.06 Å². The summed E-state index contributed by atoms with van der Waals surface area (Å²) < 4.78 is 4.90. The van der Waals surface area contributed by atoms with Gasteiger partial charge in [0.05, 0.1) is 19.3 Å². The van der Waals surface area contributed by atoms with Crippen LogP contribution in [0.3, 0.4) is 0 Å². The van der Waals surface area contributed by atoms with Crippen LogP contribution in [-0.4, -0.2) is 40.4 Å². The third-order valence-corrected chi connectivity index (χ3v) is 2.47. The number of methoxy groups -OCH3 is 1. The number of hydrogen-bond donors (Lipinski definition) is 2. The van der Waals surface area contributed by atoms with Crippen LogP contribution in [0.4, 0.5) is 0 Å². The van der Waals surface area contributed by atoms with Crippen LogP contribution in [0, 0.1) is 0 Å². The van der Waals surface area contributed by atoms with Crippen LogP contribution in [0.5, 0.6) is 0 Å². The molecule has 2 N–H and O–H groups in total. The van der Waals surface area contributed by atoms with E-state index in [4.69, 9.17) is 9.84 Å². The fourth-order valence-corrected chi connectivity index (χ4v) is 1.15. The largest absolute Gasteiger partial charge is 0.493 e. The third-order valence-electron chi connectivity index (χ3n) is 2.47. The second-order valence-corrected chi connectivity index (χ2v) is 4.35. The van der Waals surface area contributed by atoms with Gasteiger partial charge < -0.3 is 9.84 Å². The first-order valence-electron chi connectivity index (χ1n) is 5.19. The molecule has 0 heterocycles. The van der Waals surface area contributed by atoms with Crippen LogP contribution in [0.2, 0.25) is 0 Å². The standard InChI is InChI=1S/C12H17NO4/c1-12(2,8-14)13(16)7-9-4-5-10(15)11(6-9)17-3/h4-7,14,16H,8H2,1-3H3/b9-7-. The number of aliphatic hydroxyl groups excluding tert-OH is 1. The zero-order chi connectivity index (χ0) is 13.1. The van der Waals surface area contributed by atoms with Crippen LogP contribution < -0.4 is 0 Å². The summed E-state index contributed by atoms with van der Waals surface area (Å²) in [5.41, 5.74) is -0.172. The Morgan fingerprint density at radius 2 is 2.12 bits per heavy atom. The molecule has 0 fully saturated rings. The van der Waals surface area contributed by atoms with Gasteiger partial charge >= 0.3 is 0 Å². The number of ketones is 1. The van der Waals surface area contributed by atoms with Gasteiger partial charge in [-0.2, -0.15) is 0 Å². The molecule has 5 heteroatoms. The van der Waals surface area contributed by atoms with E-state index in [0.29, 0.717) is 5.57 Å². The predicted octanol–water partition coefficient (Wildman–Crippen LogP) is 1.00. The molecule has 0 saturated carbocycles. The van der Waals surface area contributed by atoms with Gasteiger partial charge in [0.1, 0.15) is 0 Å². The summed E-state index contributed by atoms with van der Waals surface area (Å²) in [6, 6.07) is 0. The molecule has 17 heavy (non-hydrogen) atoms. The summed E-state index contributed by atoms with van der Waals surface area (Å²) in [5, 5.41) is 19.8. The lowest BCUT2D eigenvalue weighted by atomic mass is 10.1. The van der Waals surface area contributed by atoms with Crippen LogP contribution in [0.25, 0.3) is 0 Å². The van der Waals surface area contributed by atoms with Gasteiger partial charge in [-0.25, -0.2) is 0 Å².